The van der Waals surface area contributed by atoms with E-state index in [1.807, 2.05) is 12.1 Å². The van der Waals surface area contributed by atoms with E-state index in [0.717, 1.165) is 24.2 Å². The van der Waals surface area contributed by atoms with Crippen LogP contribution in [0.4, 0.5) is 5.82 Å². The summed E-state index contributed by atoms with van der Waals surface area (Å²) in [6.45, 7) is 3.32. The molecule has 2 rings (SSSR count). The van der Waals surface area contributed by atoms with Gasteiger partial charge in [0.15, 0.2) is 0 Å². The summed E-state index contributed by atoms with van der Waals surface area (Å²) in [5.74, 6) is 2.63. The summed E-state index contributed by atoms with van der Waals surface area (Å²) in [7, 11) is 3.50. The van der Waals surface area contributed by atoms with Crippen molar-refractivity contribution in [3.05, 3.63) is 23.9 Å². The van der Waals surface area contributed by atoms with Gasteiger partial charge in [0.2, 0.25) is 0 Å². The van der Waals surface area contributed by atoms with E-state index in [4.69, 9.17) is 0 Å². The molecular formula is C17H27N3O. The first-order valence-corrected chi connectivity index (χ1v) is 7.98. The minimum Gasteiger partial charge on any atom is -0.370 e. The van der Waals surface area contributed by atoms with E-state index in [1.54, 1.807) is 25.2 Å². The number of pyridine rings is 1. The number of hydrogen-bond acceptors (Lipinski definition) is 3. The highest BCUT2D eigenvalue weighted by atomic mass is 16.2. The lowest BCUT2D eigenvalue weighted by molar-refractivity contribution is 0.0827. The molecule has 0 bridgehead atoms. The number of amides is 1. The van der Waals surface area contributed by atoms with Crippen LogP contribution in [0.5, 0.6) is 0 Å². The SMILES string of the molecule is CC1CCC(CCNc2ccc(C(=O)N(C)C)cn2)CC1. The quantitative estimate of drug-likeness (QED) is 0.903. The van der Waals surface area contributed by atoms with Crippen molar-refractivity contribution < 1.29 is 4.79 Å². The lowest BCUT2D eigenvalue weighted by atomic mass is 9.81. The summed E-state index contributed by atoms with van der Waals surface area (Å²) in [5, 5.41) is 3.36. The van der Waals surface area contributed by atoms with Gasteiger partial charge < -0.3 is 10.2 Å². The molecule has 0 aliphatic heterocycles. The van der Waals surface area contributed by atoms with Gasteiger partial charge in [-0.05, 0) is 30.4 Å². The predicted molar refractivity (Wildman–Crippen MR) is 86.5 cm³/mol. The predicted octanol–water partition coefficient (Wildman–Crippen LogP) is 3.41. The van der Waals surface area contributed by atoms with Crippen molar-refractivity contribution in [1.29, 1.82) is 0 Å². The molecule has 0 aromatic carbocycles. The molecule has 1 N–H and O–H groups in total. The molecule has 0 atom stereocenters. The average Bonchev–Trinajstić information content (AvgIpc) is 2.49. The molecule has 0 radical (unpaired) electrons. The number of nitrogens with zero attached hydrogens (tertiary/aromatic N) is 2. The van der Waals surface area contributed by atoms with Crippen molar-refractivity contribution >= 4 is 11.7 Å². The van der Waals surface area contributed by atoms with Crippen LogP contribution in [-0.2, 0) is 0 Å². The molecule has 1 fully saturated rings. The smallest absolute Gasteiger partial charge is 0.254 e. The summed E-state index contributed by atoms with van der Waals surface area (Å²) >= 11 is 0. The largest absolute Gasteiger partial charge is 0.370 e. The maximum atomic E-state index is 11.8. The summed E-state index contributed by atoms with van der Waals surface area (Å²) in [6, 6.07) is 3.72. The van der Waals surface area contributed by atoms with E-state index in [1.165, 1.54) is 32.1 Å². The second kappa shape index (κ2) is 7.43. The molecule has 0 spiro atoms. The molecule has 21 heavy (non-hydrogen) atoms. The topological polar surface area (TPSA) is 45.2 Å². The molecule has 4 heteroatoms. The van der Waals surface area contributed by atoms with Crippen LogP contribution in [0.1, 0.15) is 49.4 Å². The van der Waals surface area contributed by atoms with Crippen LogP contribution in [0.15, 0.2) is 18.3 Å². The van der Waals surface area contributed by atoms with E-state index in [9.17, 15) is 4.79 Å². The Kier molecular flexibility index (Phi) is 5.59. The highest BCUT2D eigenvalue weighted by Gasteiger charge is 2.17. The third kappa shape index (κ3) is 4.73. The van der Waals surface area contributed by atoms with Crippen molar-refractivity contribution in [2.45, 2.75) is 39.0 Å². The fourth-order valence-corrected chi connectivity index (χ4v) is 2.91. The van der Waals surface area contributed by atoms with Gasteiger partial charge in [-0.25, -0.2) is 4.98 Å². The molecule has 1 saturated carbocycles. The first-order chi connectivity index (χ1) is 10.1. The third-order valence-electron chi connectivity index (χ3n) is 4.41. The second-order valence-electron chi connectivity index (χ2n) is 6.47. The number of anilines is 1. The van der Waals surface area contributed by atoms with E-state index < -0.39 is 0 Å². The van der Waals surface area contributed by atoms with Gasteiger partial charge in [-0.3, -0.25) is 4.79 Å². The van der Waals surface area contributed by atoms with E-state index in [0.29, 0.717) is 5.56 Å². The van der Waals surface area contributed by atoms with E-state index in [2.05, 4.69) is 17.2 Å². The summed E-state index contributed by atoms with van der Waals surface area (Å²) in [4.78, 5) is 17.7. The van der Waals surface area contributed by atoms with Crippen LogP contribution in [0.25, 0.3) is 0 Å². The van der Waals surface area contributed by atoms with Gasteiger partial charge in [-0.2, -0.15) is 0 Å². The highest BCUT2D eigenvalue weighted by molar-refractivity contribution is 5.93. The molecule has 0 unspecified atom stereocenters. The Morgan fingerprint density at radius 1 is 1.29 bits per heavy atom. The molecule has 1 aliphatic carbocycles. The number of hydrogen-bond donors (Lipinski definition) is 1. The number of rotatable bonds is 5. The minimum absolute atomic E-state index is 0.00891. The van der Waals surface area contributed by atoms with Crippen LogP contribution >= 0.6 is 0 Å². The molecule has 1 heterocycles. The number of carbonyl (C=O) groups excluding carboxylic acids is 1. The fraction of sp³-hybridized carbons (Fsp3) is 0.647. The molecule has 1 aliphatic rings. The van der Waals surface area contributed by atoms with Gasteiger partial charge in [-0.1, -0.05) is 32.6 Å². The van der Waals surface area contributed by atoms with Crippen molar-refractivity contribution in [2.75, 3.05) is 26.0 Å². The number of aromatic nitrogens is 1. The van der Waals surface area contributed by atoms with E-state index >= 15 is 0 Å². The van der Waals surface area contributed by atoms with Gasteiger partial charge in [0.25, 0.3) is 5.91 Å². The fourth-order valence-electron chi connectivity index (χ4n) is 2.91. The zero-order chi connectivity index (χ0) is 15.2. The standard InChI is InChI=1S/C17H27N3O/c1-13-4-6-14(7-5-13)10-11-18-16-9-8-15(12-19-16)17(21)20(2)3/h8-9,12-14H,4-7,10-11H2,1-3H3,(H,18,19). The molecular weight excluding hydrogens is 262 g/mol. The van der Waals surface area contributed by atoms with Crippen LogP contribution in [-0.4, -0.2) is 36.4 Å². The Hall–Kier alpha value is -1.58. The molecule has 1 aromatic rings. The average molecular weight is 289 g/mol. The minimum atomic E-state index is -0.00891. The second-order valence-corrected chi connectivity index (χ2v) is 6.47. The summed E-state index contributed by atoms with van der Waals surface area (Å²) in [6.07, 6.45) is 8.35. The lowest BCUT2D eigenvalue weighted by Crippen LogP contribution is -2.21. The third-order valence-corrected chi connectivity index (χ3v) is 4.41. The summed E-state index contributed by atoms with van der Waals surface area (Å²) in [5.41, 5.74) is 0.631. The van der Waals surface area contributed by atoms with Crippen LogP contribution in [0.3, 0.4) is 0 Å². The van der Waals surface area contributed by atoms with Crippen LogP contribution < -0.4 is 5.32 Å². The zero-order valence-corrected chi connectivity index (χ0v) is 13.4. The van der Waals surface area contributed by atoms with Gasteiger partial charge in [0.1, 0.15) is 5.82 Å². The normalized spacial score (nSPS) is 21.9. The van der Waals surface area contributed by atoms with Crippen molar-refractivity contribution in [3.63, 3.8) is 0 Å². The van der Waals surface area contributed by atoms with Gasteiger partial charge in [-0.15, -0.1) is 0 Å². The number of carbonyl (C=O) groups is 1. The van der Waals surface area contributed by atoms with Gasteiger partial charge in [0.05, 0.1) is 5.56 Å². The van der Waals surface area contributed by atoms with Crippen LogP contribution in [0, 0.1) is 11.8 Å². The van der Waals surface area contributed by atoms with E-state index in [-0.39, 0.29) is 5.91 Å². The van der Waals surface area contributed by atoms with Crippen molar-refractivity contribution in [3.8, 4) is 0 Å². The number of nitrogens with one attached hydrogen (secondary N) is 1. The molecule has 116 valence electrons. The Morgan fingerprint density at radius 3 is 2.57 bits per heavy atom. The van der Waals surface area contributed by atoms with Gasteiger partial charge in [0, 0.05) is 26.8 Å². The van der Waals surface area contributed by atoms with Crippen molar-refractivity contribution in [2.24, 2.45) is 11.8 Å². The maximum absolute atomic E-state index is 11.8. The monoisotopic (exact) mass is 289 g/mol. The molecule has 4 nitrogen and oxygen atoms in total. The summed E-state index contributed by atoms with van der Waals surface area (Å²) < 4.78 is 0. The lowest BCUT2D eigenvalue weighted by Gasteiger charge is -2.26. The zero-order valence-electron chi connectivity index (χ0n) is 13.4. The molecule has 1 aromatic heterocycles. The Balaban J connectivity index is 1.75. The van der Waals surface area contributed by atoms with Crippen molar-refractivity contribution in [1.82, 2.24) is 9.88 Å². The first kappa shape index (κ1) is 15.8. The Labute approximate surface area is 127 Å². The maximum Gasteiger partial charge on any atom is 0.254 e. The molecule has 1 amide bonds. The Morgan fingerprint density at radius 2 is 2.00 bits per heavy atom. The van der Waals surface area contributed by atoms with Gasteiger partial charge >= 0.3 is 0 Å². The Bertz CT molecular complexity index is 448. The first-order valence-electron chi connectivity index (χ1n) is 7.98. The van der Waals surface area contributed by atoms with Crippen LogP contribution in [0.2, 0.25) is 0 Å². The molecule has 0 saturated heterocycles. The highest BCUT2D eigenvalue weighted by Crippen LogP contribution is 2.30.